The van der Waals surface area contributed by atoms with Gasteiger partial charge in [-0.25, -0.2) is 9.98 Å². The lowest BCUT2D eigenvalue weighted by atomic mass is 10.5. The molecule has 0 atom stereocenters. The first-order valence-electron chi connectivity index (χ1n) is 3.44. The zero-order valence-electron chi connectivity index (χ0n) is 7.02. The number of hydrogen-bond donors (Lipinski definition) is 0. The molecule has 0 N–H and O–H groups in total. The van der Waals surface area contributed by atoms with Crippen molar-refractivity contribution in [2.75, 3.05) is 12.5 Å². The van der Waals surface area contributed by atoms with Crippen LogP contribution in [0.1, 0.15) is 0 Å². The Labute approximate surface area is 80.9 Å². The predicted octanol–water partition coefficient (Wildman–Crippen LogP) is 2.80. The second-order valence-corrected chi connectivity index (χ2v) is 3.82. The summed E-state index contributed by atoms with van der Waals surface area (Å²) in [6.07, 6.45) is 5.77. The van der Waals surface area contributed by atoms with Crippen molar-refractivity contribution in [1.29, 1.82) is 0 Å². The molecule has 1 aromatic heterocycles. The Balaban J connectivity index is 2.79. The van der Waals surface area contributed by atoms with E-state index in [2.05, 4.69) is 9.98 Å². The summed E-state index contributed by atoms with van der Waals surface area (Å²) in [6, 6.07) is 5.72. The Kier molecular flexibility index (Phi) is 4.18. The highest BCUT2D eigenvalue weighted by atomic mass is 32.2. The smallest absolute Gasteiger partial charge is 0.153 e. The first-order chi connectivity index (χ1) is 5.86. The minimum Gasteiger partial charge on any atom is -0.237 e. The normalized spacial score (nSPS) is 9.50. The van der Waals surface area contributed by atoms with Gasteiger partial charge in [0, 0.05) is 6.20 Å². The van der Waals surface area contributed by atoms with Crippen LogP contribution >= 0.6 is 23.5 Å². The molecule has 0 bridgehead atoms. The molecule has 0 saturated heterocycles. The first kappa shape index (κ1) is 9.61. The number of aliphatic imine (C=N–C) groups is 1. The molecule has 2 nitrogen and oxygen atoms in total. The van der Waals surface area contributed by atoms with Crippen LogP contribution in [0.2, 0.25) is 0 Å². The van der Waals surface area contributed by atoms with Crippen molar-refractivity contribution in [3.8, 4) is 0 Å². The summed E-state index contributed by atoms with van der Waals surface area (Å²) in [5.74, 6) is 0.774. The van der Waals surface area contributed by atoms with E-state index >= 15 is 0 Å². The van der Waals surface area contributed by atoms with E-state index in [1.165, 1.54) is 0 Å². The number of pyridine rings is 1. The topological polar surface area (TPSA) is 25.2 Å². The van der Waals surface area contributed by atoms with E-state index in [1.54, 1.807) is 29.7 Å². The van der Waals surface area contributed by atoms with Crippen molar-refractivity contribution in [3.05, 3.63) is 24.4 Å². The number of rotatable bonds is 1. The van der Waals surface area contributed by atoms with Crippen LogP contribution in [0.5, 0.6) is 0 Å². The maximum Gasteiger partial charge on any atom is 0.153 e. The van der Waals surface area contributed by atoms with Gasteiger partial charge in [0.25, 0.3) is 0 Å². The van der Waals surface area contributed by atoms with Gasteiger partial charge in [0.05, 0.1) is 0 Å². The molecule has 0 saturated carbocycles. The molecule has 0 aromatic carbocycles. The van der Waals surface area contributed by atoms with Crippen LogP contribution in [0.3, 0.4) is 0 Å². The minimum absolute atomic E-state index is 0.774. The Morgan fingerprint density at radius 1 is 1.33 bits per heavy atom. The molecule has 0 radical (unpaired) electrons. The maximum absolute atomic E-state index is 4.33. The van der Waals surface area contributed by atoms with E-state index < -0.39 is 0 Å². The van der Waals surface area contributed by atoms with Gasteiger partial charge in [-0.1, -0.05) is 6.07 Å². The molecule has 0 fully saturated rings. The lowest BCUT2D eigenvalue weighted by molar-refractivity contribution is 1.28. The Morgan fingerprint density at radius 2 is 2.08 bits per heavy atom. The van der Waals surface area contributed by atoms with Crippen LogP contribution < -0.4 is 0 Å². The average Bonchev–Trinajstić information content (AvgIpc) is 2.16. The van der Waals surface area contributed by atoms with Crippen molar-refractivity contribution in [2.45, 2.75) is 0 Å². The molecule has 4 heteroatoms. The van der Waals surface area contributed by atoms with Crippen LogP contribution in [0.25, 0.3) is 0 Å². The Morgan fingerprint density at radius 3 is 2.58 bits per heavy atom. The summed E-state index contributed by atoms with van der Waals surface area (Å²) in [4.78, 5) is 8.43. The molecule has 1 rings (SSSR count). The van der Waals surface area contributed by atoms with Gasteiger partial charge in [-0.15, -0.1) is 23.5 Å². The van der Waals surface area contributed by atoms with Crippen LogP contribution in [0.15, 0.2) is 29.4 Å². The first-order valence-corrected chi connectivity index (χ1v) is 5.89. The van der Waals surface area contributed by atoms with Crippen molar-refractivity contribution in [1.82, 2.24) is 4.98 Å². The number of hydrogen-bond acceptors (Lipinski definition) is 4. The summed E-state index contributed by atoms with van der Waals surface area (Å²) in [6.45, 7) is 0. The van der Waals surface area contributed by atoms with Gasteiger partial charge in [-0.05, 0) is 24.6 Å². The zero-order valence-corrected chi connectivity index (χ0v) is 8.65. The van der Waals surface area contributed by atoms with Gasteiger partial charge >= 0.3 is 0 Å². The lowest BCUT2D eigenvalue weighted by Crippen LogP contribution is -1.81. The molecule has 0 amide bonds. The van der Waals surface area contributed by atoms with Gasteiger partial charge in [0.15, 0.2) is 5.82 Å². The molecular weight excluding hydrogens is 188 g/mol. The second kappa shape index (κ2) is 5.22. The highest BCUT2D eigenvalue weighted by Gasteiger charge is 1.94. The Bertz CT molecular complexity index is 253. The van der Waals surface area contributed by atoms with Gasteiger partial charge in [0.2, 0.25) is 0 Å². The minimum atomic E-state index is 0.774. The summed E-state index contributed by atoms with van der Waals surface area (Å²) < 4.78 is 1.04. The fourth-order valence-electron chi connectivity index (χ4n) is 0.688. The lowest BCUT2D eigenvalue weighted by Gasteiger charge is -1.96. The van der Waals surface area contributed by atoms with Gasteiger partial charge in [0.1, 0.15) is 4.38 Å². The Hall–Kier alpha value is -0.480. The highest BCUT2D eigenvalue weighted by Crippen LogP contribution is 2.16. The summed E-state index contributed by atoms with van der Waals surface area (Å²) in [5, 5.41) is 0. The van der Waals surface area contributed by atoms with Crippen LogP contribution in [0.4, 0.5) is 5.82 Å². The number of nitrogens with zero attached hydrogens (tertiary/aromatic N) is 2. The molecule has 0 aliphatic carbocycles. The molecule has 0 aliphatic heterocycles. The quantitative estimate of drug-likeness (QED) is 0.512. The number of thioether (sulfide) groups is 2. The van der Waals surface area contributed by atoms with Crippen molar-refractivity contribution in [3.63, 3.8) is 0 Å². The summed E-state index contributed by atoms with van der Waals surface area (Å²) in [7, 11) is 0. The molecule has 1 heterocycles. The van der Waals surface area contributed by atoms with Gasteiger partial charge in [-0.2, -0.15) is 0 Å². The van der Waals surface area contributed by atoms with Crippen LogP contribution in [0, 0.1) is 0 Å². The number of aromatic nitrogens is 1. The third-order valence-electron chi connectivity index (χ3n) is 1.20. The largest absolute Gasteiger partial charge is 0.237 e. The van der Waals surface area contributed by atoms with E-state index in [1.807, 2.05) is 30.7 Å². The van der Waals surface area contributed by atoms with E-state index in [4.69, 9.17) is 0 Å². The molecule has 1 aromatic rings. The summed E-state index contributed by atoms with van der Waals surface area (Å²) >= 11 is 3.28. The maximum atomic E-state index is 4.33. The third-order valence-corrected chi connectivity index (χ3v) is 3.09. The summed E-state index contributed by atoms with van der Waals surface area (Å²) in [5.41, 5.74) is 0. The standard InChI is InChI=1S/C8H10N2S2/c1-11-8(12-2)10-7-5-3-4-6-9-7/h3-6H,1-2H3. The van der Waals surface area contributed by atoms with Crippen molar-refractivity contribution >= 4 is 33.7 Å². The zero-order chi connectivity index (χ0) is 8.81. The molecule has 64 valence electrons. The molecule has 0 aliphatic rings. The molecular formula is C8H10N2S2. The van der Waals surface area contributed by atoms with Crippen molar-refractivity contribution in [2.24, 2.45) is 4.99 Å². The van der Waals surface area contributed by atoms with E-state index in [0.717, 1.165) is 10.2 Å². The SMILES string of the molecule is CSC(=Nc1ccccn1)SC. The molecule has 0 spiro atoms. The predicted molar refractivity (Wildman–Crippen MR) is 58.4 cm³/mol. The van der Waals surface area contributed by atoms with Gasteiger partial charge < -0.3 is 0 Å². The monoisotopic (exact) mass is 198 g/mol. The van der Waals surface area contributed by atoms with E-state index in [-0.39, 0.29) is 0 Å². The van der Waals surface area contributed by atoms with Crippen LogP contribution in [-0.4, -0.2) is 21.9 Å². The highest BCUT2D eigenvalue weighted by molar-refractivity contribution is 8.38. The molecule has 0 unspecified atom stereocenters. The fourth-order valence-corrected chi connectivity index (χ4v) is 1.72. The van der Waals surface area contributed by atoms with E-state index in [0.29, 0.717) is 0 Å². The van der Waals surface area contributed by atoms with Crippen LogP contribution in [-0.2, 0) is 0 Å². The third kappa shape index (κ3) is 2.87. The second-order valence-electron chi connectivity index (χ2n) is 1.97. The fraction of sp³-hybridized carbons (Fsp3) is 0.250. The average molecular weight is 198 g/mol. The van der Waals surface area contributed by atoms with E-state index in [9.17, 15) is 0 Å². The van der Waals surface area contributed by atoms with Gasteiger partial charge in [-0.3, -0.25) is 0 Å². The van der Waals surface area contributed by atoms with Crippen molar-refractivity contribution < 1.29 is 0 Å². The molecule has 12 heavy (non-hydrogen) atoms.